The molecule has 0 saturated carbocycles. The van der Waals surface area contributed by atoms with E-state index in [1.807, 2.05) is 19.1 Å². The number of allylic oxidation sites excluding steroid dienone is 1. The molecule has 0 spiro atoms. The van der Waals surface area contributed by atoms with Gasteiger partial charge < -0.3 is 13.9 Å². The number of esters is 1. The number of unbranched alkanes of at least 4 members (excludes halogenated alkanes) is 2. The van der Waals surface area contributed by atoms with Crippen LogP contribution in [0.1, 0.15) is 50.0 Å². The number of hydrogen-bond acceptors (Lipinski definition) is 7. The first-order valence-electron chi connectivity index (χ1n) is 10.1. The Kier molecular flexibility index (Phi) is 7.51. The molecule has 3 heterocycles. The fourth-order valence-electron chi connectivity index (χ4n) is 2.96. The number of ether oxygens (including phenoxy) is 2. The van der Waals surface area contributed by atoms with Gasteiger partial charge in [-0.25, -0.2) is 9.78 Å². The van der Waals surface area contributed by atoms with E-state index in [2.05, 4.69) is 4.98 Å². The van der Waals surface area contributed by atoms with Crippen LogP contribution in [-0.2, 0) is 9.53 Å². The van der Waals surface area contributed by atoms with Crippen LogP contribution in [0.15, 0.2) is 35.5 Å². The third-order valence-electron chi connectivity index (χ3n) is 4.46. The molecule has 160 valence electrons. The SMILES string of the molecule is CCC/C=C1/SC(=O)N(CCCCOc2cccn3cc(C(=O)OCC)nc23)C1=O. The summed E-state index contributed by atoms with van der Waals surface area (Å²) in [5.41, 5.74) is 0.760. The van der Waals surface area contributed by atoms with E-state index in [0.717, 1.165) is 24.6 Å². The molecule has 0 unspecified atom stereocenters. The minimum atomic E-state index is -0.475. The summed E-state index contributed by atoms with van der Waals surface area (Å²) in [5.74, 6) is -0.118. The number of imide groups is 1. The van der Waals surface area contributed by atoms with Crippen molar-refractivity contribution in [2.45, 2.75) is 39.5 Å². The highest BCUT2D eigenvalue weighted by Crippen LogP contribution is 2.31. The second-order valence-corrected chi connectivity index (χ2v) is 7.68. The predicted molar refractivity (Wildman–Crippen MR) is 114 cm³/mol. The van der Waals surface area contributed by atoms with Gasteiger partial charge in [0.1, 0.15) is 0 Å². The molecular formula is C21H25N3O5S. The van der Waals surface area contributed by atoms with Gasteiger partial charge >= 0.3 is 5.97 Å². The molecular weight excluding hydrogens is 406 g/mol. The average Bonchev–Trinajstić information content (AvgIpc) is 3.29. The first-order valence-corrected chi connectivity index (χ1v) is 10.9. The van der Waals surface area contributed by atoms with Crippen LogP contribution in [-0.4, -0.2) is 51.2 Å². The van der Waals surface area contributed by atoms with Gasteiger partial charge in [0.15, 0.2) is 17.1 Å². The molecule has 0 radical (unpaired) electrons. The molecule has 1 aliphatic heterocycles. The smallest absolute Gasteiger partial charge is 0.358 e. The van der Waals surface area contributed by atoms with Crippen LogP contribution < -0.4 is 4.74 Å². The number of hydrogen-bond donors (Lipinski definition) is 0. The summed E-state index contributed by atoms with van der Waals surface area (Å²) in [6.45, 7) is 4.84. The highest BCUT2D eigenvalue weighted by Gasteiger charge is 2.34. The van der Waals surface area contributed by atoms with Crippen LogP contribution in [0.4, 0.5) is 4.79 Å². The summed E-state index contributed by atoms with van der Waals surface area (Å²) < 4.78 is 12.5. The molecule has 1 saturated heterocycles. The van der Waals surface area contributed by atoms with Crippen LogP contribution in [0.5, 0.6) is 5.75 Å². The molecule has 2 aromatic rings. The van der Waals surface area contributed by atoms with Gasteiger partial charge in [-0.2, -0.15) is 0 Å². The number of pyridine rings is 1. The lowest BCUT2D eigenvalue weighted by Gasteiger charge is -2.12. The lowest BCUT2D eigenvalue weighted by atomic mass is 10.3. The third kappa shape index (κ3) is 5.02. The lowest BCUT2D eigenvalue weighted by Crippen LogP contribution is -2.29. The molecule has 0 N–H and O–H groups in total. The van der Waals surface area contributed by atoms with Gasteiger partial charge in [-0.3, -0.25) is 14.5 Å². The number of carbonyl (C=O) groups excluding carboxylic acids is 3. The second kappa shape index (κ2) is 10.3. The molecule has 3 rings (SSSR count). The molecule has 0 bridgehead atoms. The summed E-state index contributed by atoms with van der Waals surface area (Å²) in [7, 11) is 0. The van der Waals surface area contributed by atoms with Crippen LogP contribution in [0.3, 0.4) is 0 Å². The van der Waals surface area contributed by atoms with Crippen molar-refractivity contribution in [3.8, 4) is 5.75 Å². The van der Waals surface area contributed by atoms with Gasteiger partial charge in [-0.05, 0) is 50.1 Å². The number of fused-ring (bicyclic) bond motifs is 1. The first-order chi connectivity index (χ1) is 14.5. The van der Waals surface area contributed by atoms with E-state index in [1.165, 1.54) is 4.90 Å². The van der Waals surface area contributed by atoms with Crippen LogP contribution in [0.25, 0.3) is 5.65 Å². The topological polar surface area (TPSA) is 90.2 Å². The Labute approximate surface area is 179 Å². The molecule has 30 heavy (non-hydrogen) atoms. The zero-order chi connectivity index (χ0) is 21.5. The number of thioether (sulfide) groups is 1. The second-order valence-electron chi connectivity index (χ2n) is 6.69. The van der Waals surface area contributed by atoms with E-state index < -0.39 is 5.97 Å². The van der Waals surface area contributed by atoms with E-state index in [1.54, 1.807) is 29.8 Å². The lowest BCUT2D eigenvalue weighted by molar-refractivity contribution is -0.122. The summed E-state index contributed by atoms with van der Waals surface area (Å²) in [6.07, 6.45) is 8.26. The molecule has 9 heteroatoms. The van der Waals surface area contributed by atoms with Gasteiger partial charge in [0.25, 0.3) is 11.1 Å². The van der Waals surface area contributed by atoms with Gasteiger partial charge in [0, 0.05) is 18.9 Å². The average molecular weight is 432 g/mol. The maximum Gasteiger partial charge on any atom is 0.358 e. The van der Waals surface area contributed by atoms with E-state index in [0.29, 0.717) is 42.3 Å². The van der Waals surface area contributed by atoms with Gasteiger partial charge in [-0.1, -0.05) is 19.4 Å². The minimum Gasteiger partial charge on any atom is -0.490 e. The zero-order valence-corrected chi connectivity index (χ0v) is 17.9. The monoisotopic (exact) mass is 431 g/mol. The number of imidazole rings is 1. The summed E-state index contributed by atoms with van der Waals surface area (Å²) in [6, 6.07) is 3.59. The standard InChI is InChI=1S/C21H25N3O5S/c1-3-5-10-17-19(25)24(21(27)30-17)12-6-7-13-29-16-9-8-11-23-14-15(22-18(16)23)20(26)28-4-2/h8-11,14H,3-7,12-13H2,1-2H3/b17-10+. The van der Waals surface area contributed by atoms with Crippen molar-refractivity contribution < 1.29 is 23.9 Å². The minimum absolute atomic E-state index is 0.201. The molecule has 2 aromatic heterocycles. The highest BCUT2D eigenvalue weighted by atomic mass is 32.2. The number of carbonyl (C=O) groups is 3. The van der Waals surface area contributed by atoms with Crippen molar-refractivity contribution in [3.05, 3.63) is 41.2 Å². The van der Waals surface area contributed by atoms with E-state index in [-0.39, 0.29) is 23.4 Å². The number of rotatable bonds is 10. The maximum absolute atomic E-state index is 12.3. The van der Waals surface area contributed by atoms with Crippen molar-refractivity contribution in [2.24, 2.45) is 0 Å². The summed E-state index contributed by atoms with van der Waals surface area (Å²) >= 11 is 1.01. The largest absolute Gasteiger partial charge is 0.490 e. The number of aromatic nitrogens is 2. The van der Waals surface area contributed by atoms with Crippen molar-refractivity contribution in [1.29, 1.82) is 0 Å². The fraction of sp³-hybridized carbons (Fsp3) is 0.429. The number of amides is 2. The summed E-state index contributed by atoms with van der Waals surface area (Å²) in [4.78, 5) is 42.3. The molecule has 0 aromatic carbocycles. The number of nitrogens with zero attached hydrogens (tertiary/aromatic N) is 3. The first kappa shape index (κ1) is 21.9. The van der Waals surface area contributed by atoms with Crippen molar-refractivity contribution in [3.63, 3.8) is 0 Å². The Balaban J connectivity index is 1.51. The molecule has 0 aliphatic carbocycles. The molecule has 2 amide bonds. The molecule has 0 atom stereocenters. The van der Waals surface area contributed by atoms with Gasteiger partial charge in [0.05, 0.1) is 18.1 Å². The summed E-state index contributed by atoms with van der Waals surface area (Å²) in [5, 5.41) is -0.211. The maximum atomic E-state index is 12.3. The highest BCUT2D eigenvalue weighted by molar-refractivity contribution is 8.18. The van der Waals surface area contributed by atoms with E-state index >= 15 is 0 Å². The van der Waals surface area contributed by atoms with Crippen LogP contribution >= 0.6 is 11.8 Å². The Bertz CT molecular complexity index is 969. The Hall–Kier alpha value is -2.81. The predicted octanol–water partition coefficient (Wildman–Crippen LogP) is 4.05. The van der Waals surface area contributed by atoms with E-state index in [9.17, 15) is 14.4 Å². The zero-order valence-electron chi connectivity index (χ0n) is 17.1. The van der Waals surface area contributed by atoms with Gasteiger partial charge in [0.2, 0.25) is 0 Å². The molecule has 1 aliphatic rings. The fourth-order valence-corrected chi connectivity index (χ4v) is 3.83. The third-order valence-corrected chi connectivity index (χ3v) is 5.41. The molecule has 8 nitrogen and oxygen atoms in total. The quantitative estimate of drug-likeness (QED) is 0.318. The normalized spacial score (nSPS) is 15.4. The van der Waals surface area contributed by atoms with Crippen molar-refractivity contribution >= 4 is 34.5 Å². The Morgan fingerprint density at radius 1 is 1.27 bits per heavy atom. The van der Waals surface area contributed by atoms with E-state index in [4.69, 9.17) is 9.47 Å². The van der Waals surface area contributed by atoms with Gasteiger partial charge in [-0.15, -0.1) is 0 Å². The van der Waals surface area contributed by atoms with Crippen molar-refractivity contribution in [2.75, 3.05) is 19.8 Å². The van der Waals surface area contributed by atoms with Crippen LogP contribution in [0.2, 0.25) is 0 Å². The van der Waals surface area contributed by atoms with Crippen molar-refractivity contribution in [1.82, 2.24) is 14.3 Å². The Morgan fingerprint density at radius 2 is 2.10 bits per heavy atom. The Morgan fingerprint density at radius 3 is 2.87 bits per heavy atom. The van der Waals surface area contributed by atoms with Crippen LogP contribution in [0, 0.1) is 0 Å². The molecule has 1 fully saturated rings.